The first kappa shape index (κ1) is 14.4. The van der Waals surface area contributed by atoms with Crippen LogP contribution in [0.15, 0.2) is 12.1 Å². The van der Waals surface area contributed by atoms with Crippen molar-refractivity contribution in [2.24, 2.45) is 0 Å². The fourth-order valence-electron chi connectivity index (χ4n) is 1.89. The molecule has 20 heavy (non-hydrogen) atoms. The third kappa shape index (κ3) is 3.77. The van der Waals surface area contributed by atoms with Crippen molar-refractivity contribution in [3.8, 4) is 0 Å². The number of carbonyl (C=O) groups excluding carboxylic acids is 1. The van der Waals surface area contributed by atoms with Crippen molar-refractivity contribution in [1.29, 1.82) is 0 Å². The standard InChI is InChI=1S/C12H14F3N3O2/c13-12(14,15)6-20-2-1-17-10-5-9-7(3-8(10)16)4-11(19)18-9/h3,5,17H,1-2,4,6,16H2,(H,18,19). The van der Waals surface area contributed by atoms with Gasteiger partial charge in [0, 0.05) is 12.2 Å². The highest BCUT2D eigenvalue weighted by atomic mass is 19.4. The smallest absolute Gasteiger partial charge is 0.397 e. The second kappa shape index (κ2) is 5.58. The van der Waals surface area contributed by atoms with E-state index in [0.29, 0.717) is 17.1 Å². The Hall–Kier alpha value is -1.96. The van der Waals surface area contributed by atoms with Crippen LogP contribution in [0.3, 0.4) is 0 Å². The van der Waals surface area contributed by atoms with Gasteiger partial charge in [-0.25, -0.2) is 0 Å². The van der Waals surface area contributed by atoms with Crippen molar-refractivity contribution in [2.45, 2.75) is 12.6 Å². The van der Waals surface area contributed by atoms with Crippen molar-refractivity contribution in [1.82, 2.24) is 0 Å². The lowest BCUT2D eigenvalue weighted by molar-refractivity contribution is -0.172. The molecule has 2 rings (SSSR count). The lowest BCUT2D eigenvalue weighted by Gasteiger charge is -2.12. The van der Waals surface area contributed by atoms with E-state index in [9.17, 15) is 18.0 Å². The van der Waals surface area contributed by atoms with Crippen LogP contribution in [0, 0.1) is 0 Å². The maximum absolute atomic E-state index is 11.9. The molecule has 110 valence electrons. The number of hydrogen-bond donors (Lipinski definition) is 3. The van der Waals surface area contributed by atoms with Crippen LogP contribution in [0.25, 0.3) is 0 Å². The van der Waals surface area contributed by atoms with Gasteiger partial charge in [-0.05, 0) is 17.7 Å². The molecule has 0 aromatic heterocycles. The first-order chi connectivity index (χ1) is 9.35. The summed E-state index contributed by atoms with van der Waals surface area (Å²) in [7, 11) is 0. The average Bonchev–Trinajstić information content (AvgIpc) is 2.66. The fraction of sp³-hybridized carbons (Fsp3) is 0.417. The van der Waals surface area contributed by atoms with E-state index in [4.69, 9.17) is 5.73 Å². The molecule has 1 aliphatic rings. The molecule has 0 aliphatic carbocycles. The number of amides is 1. The van der Waals surface area contributed by atoms with Crippen molar-refractivity contribution < 1.29 is 22.7 Å². The van der Waals surface area contributed by atoms with Gasteiger partial charge in [0.25, 0.3) is 0 Å². The number of nitrogens with one attached hydrogen (secondary N) is 2. The van der Waals surface area contributed by atoms with Crippen LogP contribution in [0.4, 0.5) is 30.2 Å². The van der Waals surface area contributed by atoms with E-state index < -0.39 is 12.8 Å². The van der Waals surface area contributed by atoms with Gasteiger partial charge >= 0.3 is 6.18 Å². The largest absolute Gasteiger partial charge is 0.411 e. The molecule has 1 amide bonds. The van der Waals surface area contributed by atoms with Crippen LogP contribution in [0.1, 0.15) is 5.56 Å². The highest BCUT2D eigenvalue weighted by Gasteiger charge is 2.27. The minimum Gasteiger partial charge on any atom is -0.397 e. The van der Waals surface area contributed by atoms with Gasteiger partial charge in [0.2, 0.25) is 5.91 Å². The van der Waals surface area contributed by atoms with Gasteiger partial charge in [-0.15, -0.1) is 0 Å². The molecular weight excluding hydrogens is 275 g/mol. The second-order valence-electron chi connectivity index (χ2n) is 4.42. The van der Waals surface area contributed by atoms with E-state index in [-0.39, 0.29) is 25.5 Å². The number of anilines is 3. The molecule has 0 radical (unpaired) electrons. The highest BCUT2D eigenvalue weighted by Crippen LogP contribution is 2.31. The van der Waals surface area contributed by atoms with Crippen molar-refractivity contribution in [3.63, 3.8) is 0 Å². The molecule has 0 saturated carbocycles. The van der Waals surface area contributed by atoms with Gasteiger partial charge in [0.15, 0.2) is 0 Å². The molecule has 0 bridgehead atoms. The van der Waals surface area contributed by atoms with Crippen molar-refractivity contribution >= 4 is 23.0 Å². The van der Waals surface area contributed by atoms with E-state index in [1.807, 2.05) is 0 Å². The van der Waals surface area contributed by atoms with Gasteiger partial charge in [-0.3, -0.25) is 4.79 Å². The third-order valence-electron chi connectivity index (χ3n) is 2.73. The third-order valence-corrected chi connectivity index (χ3v) is 2.73. The van der Waals surface area contributed by atoms with Gasteiger partial charge in [-0.2, -0.15) is 13.2 Å². The summed E-state index contributed by atoms with van der Waals surface area (Å²) in [4.78, 5) is 11.2. The Morgan fingerprint density at radius 2 is 2.15 bits per heavy atom. The second-order valence-corrected chi connectivity index (χ2v) is 4.42. The number of halogens is 3. The van der Waals surface area contributed by atoms with E-state index in [0.717, 1.165) is 5.56 Å². The van der Waals surface area contributed by atoms with Crippen molar-refractivity contribution in [2.75, 3.05) is 36.1 Å². The lowest BCUT2D eigenvalue weighted by atomic mass is 10.1. The van der Waals surface area contributed by atoms with Gasteiger partial charge in [-0.1, -0.05) is 0 Å². The van der Waals surface area contributed by atoms with Gasteiger partial charge in [0.05, 0.1) is 24.4 Å². The number of rotatable bonds is 5. The molecule has 8 heteroatoms. The lowest BCUT2D eigenvalue weighted by Crippen LogP contribution is -2.20. The summed E-state index contributed by atoms with van der Waals surface area (Å²) in [5, 5.41) is 5.55. The van der Waals surface area contributed by atoms with Crippen LogP contribution in [-0.4, -0.2) is 31.8 Å². The summed E-state index contributed by atoms with van der Waals surface area (Å²) in [6, 6.07) is 3.34. The predicted molar refractivity (Wildman–Crippen MR) is 68.6 cm³/mol. The first-order valence-corrected chi connectivity index (χ1v) is 5.96. The number of benzene rings is 1. The van der Waals surface area contributed by atoms with Gasteiger partial charge < -0.3 is 21.1 Å². The molecule has 0 unspecified atom stereocenters. The Bertz CT molecular complexity index is 517. The van der Waals surface area contributed by atoms with Crippen LogP contribution in [0.5, 0.6) is 0 Å². The zero-order valence-electron chi connectivity index (χ0n) is 10.5. The molecule has 1 heterocycles. The van der Waals surface area contributed by atoms with Crippen molar-refractivity contribution in [3.05, 3.63) is 17.7 Å². The Labute approximate surface area is 113 Å². The number of nitrogens with two attached hydrogens (primary N) is 1. The number of alkyl halides is 3. The Morgan fingerprint density at radius 1 is 1.40 bits per heavy atom. The van der Waals surface area contributed by atoms with E-state index in [1.165, 1.54) is 0 Å². The monoisotopic (exact) mass is 289 g/mol. The molecule has 1 aromatic rings. The summed E-state index contributed by atoms with van der Waals surface area (Å²) in [6.07, 6.45) is -4.04. The Morgan fingerprint density at radius 3 is 2.85 bits per heavy atom. The minimum absolute atomic E-state index is 0.0948. The number of nitrogen functional groups attached to an aromatic ring is 1. The molecule has 5 nitrogen and oxygen atoms in total. The maximum Gasteiger partial charge on any atom is 0.411 e. The quantitative estimate of drug-likeness (QED) is 0.570. The van der Waals surface area contributed by atoms with Gasteiger partial charge in [0.1, 0.15) is 6.61 Å². The van der Waals surface area contributed by atoms with E-state index >= 15 is 0 Å². The summed E-state index contributed by atoms with van der Waals surface area (Å²) >= 11 is 0. The molecule has 0 atom stereocenters. The molecule has 1 aliphatic heterocycles. The molecule has 0 saturated heterocycles. The summed E-state index contributed by atoms with van der Waals surface area (Å²) in [6.45, 7) is -1.18. The fourth-order valence-corrected chi connectivity index (χ4v) is 1.89. The van der Waals surface area contributed by atoms with E-state index in [2.05, 4.69) is 15.4 Å². The summed E-state index contributed by atoms with van der Waals surface area (Å²) in [5.41, 5.74) is 8.28. The Kier molecular flexibility index (Phi) is 4.03. The minimum atomic E-state index is -4.32. The Balaban J connectivity index is 1.85. The first-order valence-electron chi connectivity index (χ1n) is 5.96. The molecule has 0 spiro atoms. The molecule has 1 aromatic carbocycles. The van der Waals surface area contributed by atoms with Crippen LogP contribution in [-0.2, 0) is 16.0 Å². The number of fused-ring (bicyclic) bond motifs is 1. The van der Waals surface area contributed by atoms with Crippen LogP contribution in [0.2, 0.25) is 0 Å². The highest BCUT2D eigenvalue weighted by molar-refractivity contribution is 6.00. The number of hydrogen-bond acceptors (Lipinski definition) is 4. The predicted octanol–water partition coefficient (Wildman–Crippen LogP) is 1.75. The zero-order chi connectivity index (χ0) is 14.8. The molecule has 0 fully saturated rings. The SMILES string of the molecule is Nc1cc2c(cc1NCCOCC(F)(F)F)NC(=O)C2. The molecular formula is C12H14F3N3O2. The van der Waals surface area contributed by atoms with Crippen LogP contribution < -0.4 is 16.4 Å². The normalized spacial score (nSPS) is 14.1. The zero-order valence-corrected chi connectivity index (χ0v) is 10.5. The average molecular weight is 289 g/mol. The van der Waals surface area contributed by atoms with Crippen LogP contribution >= 0.6 is 0 Å². The number of ether oxygens (including phenoxy) is 1. The summed E-state index contributed by atoms with van der Waals surface area (Å²) in [5.74, 6) is -0.106. The topological polar surface area (TPSA) is 76.4 Å². The summed E-state index contributed by atoms with van der Waals surface area (Å²) < 4.78 is 40.0. The maximum atomic E-state index is 11.9. The number of carbonyl (C=O) groups is 1. The van der Waals surface area contributed by atoms with E-state index in [1.54, 1.807) is 12.1 Å². The molecule has 4 N–H and O–H groups in total.